The standard InChI is InChI=1S/C51H52N8O11/c1-31-22-58(48(66)54-46(31)64)27-43(61)56(24-34-15-7-13-21-41(34)53-50(68)69-30-39-37-18-10-8-16-35(37)36-17-9-11-19-38(36)39)26-42(60)52-40-20-12-6-14-33(40)25-57(29-45(63)70-51(3,4)5)44(62)28-59-23-32(2)47(65)55-49(59)67/h6-23,39H,24-30H2,1-5H3,(H,52,60)(H,53,68)(H,54,64,66)(H,55,65,67). The van der Waals surface area contributed by atoms with Gasteiger partial charge in [0.2, 0.25) is 17.7 Å². The van der Waals surface area contributed by atoms with Gasteiger partial charge in [0.05, 0.1) is 0 Å². The predicted molar refractivity (Wildman–Crippen MR) is 259 cm³/mol. The van der Waals surface area contributed by atoms with Gasteiger partial charge in [0, 0.05) is 53.9 Å². The highest BCUT2D eigenvalue weighted by Crippen LogP contribution is 2.44. The zero-order valence-corrected chi connectivity index (χ0v) is 39.2. The van der Waals surface area contributed by atoms with E-state index in [1.54, 1.807) is 69.3 Å². The molecule has 0 atom stereocenters. The maximum absolute atomic E-state index is 14.2. The zero-order valence-electron chi connectivity index (χ0n) is 39.2. The largest absolute Gasteiger partial charge is 0.459 e. The van der Waals surface area contributed by atoms with Crippen molar-refractivity contribution >= 4 is 41.2 Å². The molecule has 4 N–H and O–H groups in total. The Morgan fingerprint density at radius 2 is 1.06 bits per heavy atom. The van der Waals surface area contributed by atoms with E-state index in [1.807, 2.05) is 48.5 Å². The first-order chi connectivity index (χ1) is 33.3. The number of amides is 4. The predicted octanol–water partition coefficient (Wildman–Crippen LogP) is 4.40. The molecule has 0 spiro atoms. The topological polar surface area (TPSA) is 244 Å². The van der Waals surface area contributed by atoms with Crippen LogP contribution in [0, 0.1) is 13.8 Å². The molecule has 19 nitrogen and oxygen atoms in total. The summed E-state index contributed by atoms with van der Waals surface area (Å²) >= 11 is 0. The minimum atomic E-state index is -0.895. The number of aromatic amines is 2. The molecule has 70 heavy (non-hydrogen) atoms. The molecule has 362 valence electrons. The average Bonchev–Trinajstić information content (AvgIpc) is 3.62. The van der Waals surface area contributed by atoms with Crippen LogP contribution in [0.25, 0.3) is 11.1 Å². The quantitative estimate of drug-likeness (QED) is 0.0991. The van der Waals surface area contributed by atoms with E-state index in [1.165, 1.54) is 31.1 Å². The molecule has 2 heterocycles. The Hall–Kier alpha value is -8.61. The average molecular weight is 953 g/mol. The van der Waals surface area contributed by atoms with Crippen LogP contribution in [-0.4, -0.2) is 84.0 Å². The fourth-order valence-corrected chi connectivity index (χ4v) is 8.04. The number of rotatable bonds is 16. The molecule has 0 bridgehead atoms. The number of carbonyl (C=O) groups is 5. The summed E-state index contributed by atoms with van der Waals surface area (Å²) < 4.78 is 13.3. The van der Waals surface area contributed by atoms with Crippen molar-refractivity contribution in [1.82, 2.24) is 28.9 Å². The van der Waals surface area contributed by atoms with Crippen LogP contribution in [0.5, 0.6) is 0 Å². The van der Waals surface area contributed by atoms with Crippen LogP contribution in [0.3, 0.4) is 0 Å². The number of para-hydroxylation sites is 2. The Morgan fingerprint density at radius 3 is 1.56 bits per heavy atom. The Morgan fingerprint density at radius 1 is 0.614 bits per heavy atom. The normalized spacial score (nSPS) is 11.8. The highest BCUT2D eigenvalue weighted by molar-refractivity contribution is 5.95. The summed E-state index contributed by atoms with van der Waals surface area (Å²) in [6.45, 7) is 5.26. The van der Waals surface area contributed by atoms with Crippen LogP contribution in [0.15, 0.2) is 129 Å². The van der Waals surface area contributed by atoms with Gasteiger partial charge in [-0.25, -0.2) is 14.4 Å². The van der Waals surface area contributed by atoms with Gasteiger partial charge >= 0.3 is 23.4 Å². The minimum Gasteiger partial charge on any atom is -0.459 e. The lowest BCUT2D eigenvalue weighted by Gasteiger charge is -2.27. The summed E-state index contributed by atoms with van der Waals surface area (Å²) in [5.74, 6) is -3.03. The monoisotopic (exact) mass is 952 g/mol. The van der Waals surface area contributed by atoms with Crippen LogP contribution in [-0.2, 0) is 54.8 Å². The molecule has 0 radical (unpaired) electrons. The number of benzene rings is 4. The summed E-state index contributed by atoms with van der Waals surface area (Å²) in [6, 6.07) is 28.9. The second-order valence-corrected chi connectivity index (χ2v) is 17.8. The third-order valence-corrected chi connectivity index (χ3v) is 11.4. The van der Waals surface area contributed by atoms with E-state index in [-0.39, 0.29) is 48.1 Å². The SMILES string of the molecule is Cc1cn(CC(=O)N(CC(=O)OC(C)(C)C)Cc2ccccc2NC(=O)CN(Cc2ccccc2NC(=O)OCC2c3ccccc3-c3ccccc32)C(=O)Cn2cc(C)c(=O)[nH]c2=O)c(=O)[nH]c1=O. The van der Waals surface area contributed by atoms with Gasteiger partial charge in [-0.1, -0.05) is 84.9 Å². The molecule has 6 aromatic rings. The van der Waals surface area contributed by atoms with Crippen molar-refractivity contribution < 1.29 is 33.4 Å². The lowest BCUT2D eigenvalue weighted by atomic mass is 9.98. The van der Waals surface area contributed by atoms with E-state index in [0.717, 1.165) is 36.3 Å². The maximum Gasteiger partial charge on any atom is 0.411 e. The van der Waals surface area contributed by atoms with E-state index >= 15 is 0 Å². The number of nitrogens with one attached hydrogen (secondary N) is 4. The van der Waals surface area contributed by atoms with Gasteiger partial charge in [-0.15, -0.1) is 0 Å². The molecule has 1 aliphatic carbocycles. The summed E-state index contributed by atoms with van der Waals surface area (Å²) in [4.78, 5) is 125. The van der Waals surface area contributed by atoms with Crippen LogP contribution in [0.4, 0.5) is 16.2 Å². The second-order valence-electron chi connectivity index (χ2n) is 17.8. The number of fused-ring (bicyclic) bond motifs is 3. The first-order valence-electron chi connectivity index (χ1n) is 22.3. The molecular formula is C51H52N8O11. The second kappa shape index (κ2) is 21.1. The molecule has 4 amide bonds. The van der Waals surface area contributed by atoms with Gasteiger partial charge < -0.3 is 24.6 Å². The van der Waals surface area contributed by atoms with Crippen LogP contribution in [0.2, 0.25) is 0 Å². The van der Waals surface area contributed by atoms with E-state index < -0.39 is 84.1 Å². The number of H-pyrrole nitrogens is 2. The molecule has 0 unspecified atom stereocenters. The first kappa shape index (κ1) is 49.3. The molecule has 1 aliphatic rings. The van der Waals surface area contributed by atoms with E-state index in [2.05, 4.69) is 20.6 Å². The summed E-state index contributed by atoms with van der Waals surface area (Å²) in [5.41, 5.74) is 2.03. The van der Waals surface area contributed by atoms with Crippen LogP contribution >= 0.6 is 0 Å². The van der Waals surface area contributed by atoms with Gasteiger partial charge in [0.25, 0.3) is 11.1 Å². The van der Waals surface area contributed by atoms with Crippen molar-refractivity contribution in [2.24, 2.45) is 0 Å². The summed E-state index contributed by atoms with van der Waals surface area (Å²) in [7, 11) is 0. The lowest BCUT2D eigenvalue weighted by Crippen LogP contribution is -2.43. The maximum atomic E-state index is 14.2. The fourth-order valence-electron chi connectivity index (χ4n) is 8.04. The van der Waals surface area contributed by atoms with Gasteiger partial charge in [0.15, 0.2) is 0 Å². The van der Waals surface area contributed by atoms with Crippen molar-refractivity contribution in [3.63, 3.8) is 0 Å². The zero-order chi connectivity index (χ0) is 50.3. The van der Waals surface area contributed by atoms with Crippen molar-refractivity contribution in [2.45, 2.75) is 72.3 Å². The Bertz CT molecular complexity index is 3190. The Kier molecular flexibility index (Phi) is 14.9. The molecule has 7 rings (SSSR count). The number of hydrogen-bond acceptors (Lipinski definition) is 11. The highest BCUT2D eigenvalue weighted by atomic mass is 16.6. The number of esters is 1. The minimum absolute atomic E-state index is 0.0450. The number of aryl methyl sites for hydroxylation is 2. The lowest BCUT2D eigenvalue weighted by molar-refractivity contribution is -0.159. The molecule has 2 aromatic heterocycles. The number of ether oxygens (including phenoxy) is 2. The Balaban J connectivity index is 1.11. The van der Waals surface area contributed by atoms with Gasteiger partial charge in [-0.05, 0) is 80.1 Å². The fraction of sp³-hybridized carbons (Fsp3) is 0.275. The number of aromatic nitrogens is 4. The van der Waals surface area contributed by atoms with E-state index in [4.69, 9.17) is 9.47 Å². The van der Waals surface area contributed by atoms with Gasteiger partial charge in [-0.3, -0.25) is 53.2 Å². The molecule has 0 fully saturated rings. The number of anilines is 2. The third-order valence-electron chi connectivity index (χ3n) is 11.4. The molecule has 0 saturated carbocycles. The highest BCUT2D eigenvalue weighted by Gasteiger charge is 2.30. The van der Waals surface area contributed by atoms with Crippen molar-refractivity contribution in [1.29, 1.82) is 0 Å². The number of hydrogen-bond donors (Lipinski definition) is 4. The van der Waals surface area contributed by atoms with Crippen molar-refractivity contribution in [3.8, 4) is 11.1 Å². The van der Waals surface area contributed by atoms with E-state index in [9.17, 15) is 43.2 Å². The van der Waals surface area contributed by atoms with Crippen LogP contribution < -0.4 is 33.1 Å². The van der Waals surface area contributed by atoms with Crippen molar-refractivity contribution in [3.05, 3.63) is 185 Å². The van der Waals surface area contributed by atoms with E-state index in [0.29, 0.717) is 11.1 Å². The first-order valence-corrected chi connectivity index (χ1v) is 22.3. The molecule has 0 saturated heterocycles. The smallest absolute Gasteiger partial charge is 0.411 e. The van der Waals surface area contributed by atoms with Crippen molar-refractivity contribution in [2.75, 3.05) is 30.3 Å². The van der Waals surface area contributed by atoms with Gasteiger partial charge in [0.1, 0.15) is 38.4 Å². The Labute approximate surface area is 400 Å². The third kappa shape index (κ3) is 12.1. The number of carbonyl (C=O) groups excluding carboxylic acids is 5. The molecule has 19 heteroatoms. The summed E-state index contributed by atoms with van der Waals surface area (Å²) in [5, 5.41) is 5.58. The van der Waals surface area contributed by atoms with Crippen LogP contribution in [0.1, 0.15) is 60.1 Å². The summed E-state index contributed by atoms with van der Waals surface area (Å²) in [6.07, 6.45) is 1.72. The molecule has 0 aliphatic heterocycles. The number of nitrogens with zero attached hydrogens (tertiary/aromatic N) is 4. The van der Waals surface area contributed by atoms with Gasteiger partial charge in [-0.2, -0.15) is 0 Å². The molecular weight excluding hydrogens is 901 g/mol. The molecule has 4 aromatic carbocycles.